The number of hydrogen-bond acceptors (Lipinski definition) is 17. The molecular formula is C56H142N12O2S3. The first-order chi connectivity index (χ1) is 36.5. The Morgan fingerprint density at radius 1 is 0.425 bits per heavy atom. The average Bonchev–Trinajstić information content (AvgIpc) is 4.40. The SMILES string of the molecule is C1=NCCN1.C1=NCCO1.C1=NCCS1.C1=NCNN1.C1=NNCO1.C1=NNCS1.C1=NSCC1.C1CCCCC1.CC.CC.CC.CC.CC.CC.CC.CC.CC.CC.CC.CC.CC.CC.CC.CC. The van der Waals surface area contributed by atoms with Crippen molar-refractivity contribution >= 4 is 78.3 Å². The van der Waals surface area contributed by atoms with Crippen molar-refractivity contribution in [2.24, 2.45) is 34.6 Å². The van der Waals surface area contributed by atoms with E-state index in [9.17, 15) is 0 Å². The quantitative estimate of drug-likeness (QED) is 0.147. The van der Waals surface area contributed by atoms with Gasteiger partial charge in [-0.3, -0.25) is 30.8 Å². The molecule has 14 nitrogen and oxygen atoms in total. The van der Waals surface area contributed by atoms with E-state index in [4.69, 9.17) is 0 Å². The maximum absolute atomic E-state index is 4.65. The lowest BCUT2D eigenvalue weighted by atomic mass is 10.0. The van der Waals surface area contributed by atoms with Crippen molar-refractivity contribution in [1.82, 2.24) is 27.0 Å². The fraction of sp³-hybridized carbons (Fsp3) is 0.875. The second kappa shape index (κ2) is 220. The third-order valence-electron chi connectivity index (χ3n) is 4.69. The molecule has 456 valence electrons. The summed E-state index contributed by atoms with van der Waals surface area (Å²) in [6.45, 7) is 69.9. The minimum Gasteiger partial charge on any atom is -0.482 e. The smallest absolute Gasteiger partial charge is 0.194 e. The second-order valence-electron chi connectivity index (χ2n) is 7.98. The lowest BCUT2D eigenvalue weighted by molar-refractivity contribution is 0.327. The van der Waals surface area contributed by atoms with Crippen molar-refractivity contribution in [2.45, 2.75) is 267 Å². The Labute approximate surface area is 477 Å². The zero-order valence-electron chi connectivity index (χ0n) is 55.7. The summed E-state index contributed by atoms with van der Waals surface area (Å²) >= 11 is 5.10. The summed E-state index contributed by atoms with van der Waals surface area (Å²) in [5, 5.41) is 10.1. The molecule has 0 bridgehead atoms. The van der Waals surface area contributed by atoms with Gasteiger partial charge in [0.15, 0.2) is 19.5 Å². The predicted molar refractivity (Wildman–Crippen MR) is 363 cm³/mol. The first-order valence-electron chi connectivity index (χ1n) is 29.7. The number of hydrazine groups is 1. The van der Waals surface area contributed by atoms with Crippen LogP contribution < -0.4 is 27.0 Å². The molecule has 0 aromatic rings. The fourth-order valence-electron chi connectivity index (χ4n) is 2.77. The Bertz CT molecular complexity index is 572. The minimum atomic E-state index is 0.528. The van der Waals surface area contributed by atoms with Crippen LogP contribution in [0.2, 0.25) is 0 Å². The summed E-state index contributed by atoms with van der Waals surface area (Å²) in [6, 6.07) is 0. The van der Waals surface area contributed by atoms with E-state index in [1.807, 2.05) is 233 Å². The summed E-state index contributed by atoms with van der Waals surface area (Å²) in [6.07, 6.45) is 18.3. The molecule has 0 atom stereocenters. The van der Waals surface area contributed by atoms with Gasteiger partial charge in [0, 0.05) is 30.8 Å². The van der Waals surface area contributed by atoms with Crippen LogP contribution >= 0.6 is 35.5 Å². The van der Waals surface area contributed by atoms with Crippen molar-refractivity contribution in [3.05, 3.63) is 0 Å². The molecule has 0 amide bonds. The van der Waals surface area contributed by atoms with Crippen LogP contribution in [0.3, 0.4) is 0 Å². The Balaban J connectivity index is -0.0000000338. The Hall–Kier alpha value is -2.50. The number of aliphatic imine (C=N–C) groups is 4. The van der Waals surface area contributed by atoms with Gasteiger partial charge in [-0.05, 0) is 18.4 Å². The topological polar surface area (TPSA) is 165 Å². The van der Waals surface area contributed by atoms with Gasteiger partial charge in [0.2, 0.25) is 0 Å². The van der Waals surface area contributed by atoms with Crippen LogP contribution in [0.5, 0.6) is 0 Å². The maximum atomic E-state index is 4.65. The van der Waals surface area contributed by atoms with Crippen molar-refractivity contribution in [3.8, 4) is 0 Å². The van der Waals surface area contributed by atoms with Crippen LogP contribution in [0, 0.1) is 0 Å². The standard InChI is InChI=1S/C6H12.C3H6N2.C3H5NO.2C3H5NS.C2H5N3.C2H4N2O.C2H4N2S.16C2H6/c1-2-4-6-5-3-1;3*1-2-5-3-4-1;1-2-4-5-3-1;1-3-2-5-4-1;2*1-3-4-2-5-1;16*1-2/h1-6H2;3H,1-2H2,(H,4,5);2*3H,1-2H2;2H,1,3H2;1,5H,2H2,(H,3,4);2*1,4H,2H2;16*1-2H3. The molecule has 8 rings (SSSR count). The second-order valence-corrected chi connectivity index (χ2v) is 10.6. The van der Waals surface area contributed by atoms with Gasteiger partial charge in [0.25, 0.3) is 0 Å². The Kier molecular flexibility index (Phi) is 346. The lowest BCUT2D eigenvalue weighted by Gasteiger charge is -2.05. The lowest BCUT2D eigenvalue weighted by Crippen LogP contribution is -2.22. The summed E-state index contributed by atoms with van der Waals surface area (Å²) in [5.41, 5.74) is 14.4. The summed E-state index contributed by atoms with van der Waals surface area (Å²) in [4.78, 5) is 15.2. The molecule has 8 aliphatic rings. The summed E-state index contributed by atoms with van der Waals surface area (Å²) in [5.74, 6) is 3.33. The maximum Gasteiger partial charge on any atom is 0.194 e. The highest BCUT2D eigenvalue weighted by Gasteiger charge is 1.95. The monoisotopic (exact) mass is 1110 g/mol. The molecule has 0 saturated heterocycles. The highest BCUT2D eigenvalue weighted by atomic mass is 32.2. The number of hydrogen-bond donors (Lipinski definition) is 5. The van der Waals surface area contributed by atoms with Crippen molar-refractivity contribution in [3.63, 3.8) is 0 Å². The van der Waals surface area contributed by atoms with E-state index in [1.54, 1.807) is 53.7 Å². The molecule has 0 radical (unpaired) electrons. The normalized spacial score (nSPS) is 12.6. The average molecular weight is 1110 g/mol. The third kappa shape index (κ3) is 214. The van der Waals surface area contributed by atoms with Crippen molar-refractivity contribution in [2.75, 3.05) is 63.6 Å². The van der Waals surface area contributed by atoms with Crippen LogP contribution in [-0.4, -0.2) is 106 Å². The summed E-state index contributed by atoms with van der Waals surface area (Å²) in [7, 11) is 0. The Morgan fingerprint density at radius 3 is 1.03 bits per heavy atom. The van der Waals surface area contributed by atoms with E-state index >= 15 is 0 Å². The van der Waals surface area contributed by atoms with E-state index < -0.39 is 0 Å². The highest BCUT2D eigenvalue weighted by molar-refractivity contribution is 8.12. The van der Waals surface area contributed by atoms with Crippen LogP contribution in [0.1, 0.15) is 267 Å². The molecule has 7 heterocycles. The molecule has 1 fully saturated rings. The molecule has 0 aromatic carbocycles. The van der Waals surface area contributed by atoms with E-state index in [0.29, 0.717) is 13.4 Å². The van der Waals surface area contributed by atoms with E-state index in [1.165, 1.54) is 69.3 Å². The van der Waals surface area contributed by atoms with Crippen LogP contribution in [0.15, 0.2) is 34.6 Å². The minimum absolute atomic E-state index is 0.528. The molecule has 17 heteroatoms. The van der Waals surface area contributed by atoms with Gasteiger partial charge in [-0.1, -0.05) is 272 Å². The van der Waals surface area contributed by atoms with E-state index in [0.717, 1.165) is 38.7 Å². The number of ether oxygens (including phenoxy) is 2. The fourth-order valence-corrected chi connectivity index (χ4v) is 4.20. The zero-order valence-corrected chi connectivity index (χ0v) is 58.2. The first kappa shape index (κ1) is 115. The van der Waals surface area contributed by atoms with Gasteiger partial charge in [-0.15, -0.1) is 16.9 Å². The number of hydrazone groups is 2. The van der Waals surface area contributed by atoms with Gasteiger partial charge in [-0.2, -0.15) is 5.10 Å². The molecule has 1 aliphatic carbocycles. The molecule has 5 N–H and O–H groups in total. The molecule has 0 aromatic heterocycles. The van der Waals surface area contributed by atoms with Crippen LogP contribution in [0.4, 0.5) is 0 Å². The largest absolute Gasteiger partial charge is 0.482 e. The van der Waals surface area contributed by atoms with Crippen molar-refractivity contribution < 1.29 is 9.47 Å². The van der Waals surface area contributed by atoms with Gasteiger partial charge < -0.3 is 20.2 Å². The summed E-state index contributed by atoms with van der Waals surface area (Å²) < 4.78 is 13.1. The van der Waals surface area contributed by atoms with Gasteiger partial charge >= 0.3 is 0 Å². The molecule has 73 heavy (non-hydrogen) atoms. The van der Waals surface area contributed by atoms with Gasteiger partial charge in [0.05, 0.1) is 42.7 Å². The molecule has 0 spiro atoms. The van der Waals surface area contributed by atoms with Gasteiger partial charge in [0.1, 0.15) is 13.3 Å². The molecule has 0 unspecified atom stereocenters. The predicted octanol–water partition coefficient (Wildman–Crippen LogP) is 19.1. The zero-order chi connectivity index (χ0) is 61.0. The number of thioether (sulfide) groups is 2. The molecule has 7 aliphatic heterocycles. The number of nitrogens with zero attached hydrogens (tertiary/aromatic N) is 7. The van der Waals surface area contributed by atoms with E-state index in [2.05, 4.69) is 71.1 Å². The number of rotatable bonds is 0. The highest BCUT2D eigenvalue weighted by Crippen LogP contribution is 2.15. The van der Waals surface area contributed by atoms with Crippen LogP contribution in [-0.2, 0) is 9.47 Å². The van der Waals surface area contributed by atoms with Gasteiger partial charge in [-0.25, -0.2) is 9.82 Å². The van der Waals surface area contributed by atoms with Crippen molar-refractivity contribution in [1.29, 1.82) is 0 Å². The number of nitrogens with one attached hydrogen (secondary N) is 5. The van der Waals surface area contributed by atoms with E-state index in [-0.39, 0.29) is 0 Å². The molecule has 1 saturated carbocycles. The molecular weight excluding hydrogens is 969 g/mol. The third-order valence-corrected chi connectivity index (χ3v) is 6.67. The van der Waals surface area contributed by atoms with Crippen LogP contribution in [0.25, 0.3) is 0 Å². The first-order valence-corrected chi connectivity index (χ1v) is 32.8. The Morgan fingerprint density at radius 2 is 0.918 bits per heavy atom.